The first-order valence-electron chi connectivity index (χ1n) is 9.38. The lowest BCUT2D eigenvalue weighted by Crippen LogP contribution is -2.46. The molecular weight excluding hydrogens is 375 g/mol. The van der Waals surface area contributed by atoms with Crippen LogP contribution in [0.5, 0.6) is 5.75 Å². The first-order chi connectivity index (χ1) is 14.0. The summed E-state index contributed by atoms with van der Waals surface area (Å²) in [5, 5.41) is 7.10. The quantitative estimate of drug-likeness (QED) is 0.422. The maximum Gasteiger partial charge on any atom is 0.313 e. The molecule has 7 nitrogen and oxygen atoms in total. The van der Waals surface area contributed by atoms with Crippen molar-refractivity contribution < 1.29 is 18.7 Å². The Labute approximate surface area is 169 Å². The number of carbonyl (C=O) groups excluding carboxylic acids is 1. The van der Waals surface area contributed by atoms with Crippen LogP contribution in [-0.4, -0.2) is 45.1 Å². The van der Waals surface area contributed by atoms with Crippen LogP contribution in [0.15, 0.2) is 42.5 Å². The first kappa shape index (κ1) is 20.4. The second-order valence-corrected chi connectivity index (χ2v) is 6.79. The summed E-state index contributed by atoms with van der Waals surface area (Å²) in [7, 11) is 1.64. The third-order valence-corrected chi connectivity index (χ3v) is 4.84. The van der Waals surface area contributed by atoms with Gasteiger partial charge in [-0.25, -0.2) is 4.39 Å². The van der Waals surface area contributed by atoms with Gasteiger partial charge >= 0.3 is 5.97 Å². The van der Waals surface area contributed by atoms with Crippen LogP contribution in [0.1, 0.15) is 12.0 Å². The van der Waals surface area contributed by atoms with Gasteiger partial charge in [0.1, 0.15) is 24.6 Å². The summed E-state index contributed by atoms with van der Waals surface area (Å²) in [5.74, 6) is -0.495. The number of carbonyl (C=O) groups is 1. The third-order valence-electron chi connectivity index (χ3n) is 4.84. The van der Waals surface area contributed by atoms with Crippen molar-refractivity contribution in [2.75, 3.05) is 43.1 Å². The number of hydrogen-bond donors (Lipinski definition) is 2. The molecule has 3 rings (SSSR count). The molecule has 1 aliphatic heterocycles. The monoisotopic (exact) mass is 400 g/mol. The molecule has 1 fully saturated rings. The summed E-state index contributed by atoms with van der Waals surface area (Å²) in [4.78, 5) is 15.8. The van der Waals surface area contributed by atoms with Crippen molar-refractivity contribution in [2.45, 2.75) is 13.0 Å². The normalized spacial score (nSPS) is 13.9. The SMILES string of the molecule is COc1ccc(N2CCN(c3cccc(COC(=O)CC(=N)N)c3F)CC2)cc1. The Morgan fingerprint density at radius 1 is 1.10 bits per heavy atom. The fourth-order valence-corrected chi connectivity index (χ4v) is 3.29. The summed E-state index contributed by atoms with van der Waals surface area (Å²) in [5.41, 5.74) is 7.08. The third kappa shape index (κ3) is 5.16. The van der Waals surface area contributed by atoms with Crippen LogP contribution >= 0.6 is 0 Å². The van der Waals surface area contributed by atoms with Crippen LogP contribution < -0.4 is 20.3 Å². The standard InChI is InChI=1S/C21H25FN4O3/c1-28-17-7-5-16(6-8-17)25-9-11-26(12-10-25)18-4-2-3-15(21(18)22)14-29-20(27)13-19(23)24/h2-8H,9-14H2,1H3,(H3,23,24). The average molecular weight is 400 g/mol. The van der Waals surface area contributed by atoms with Crippen LogP contribution in [0.4, 0.5) is 15.8 Å². The number of nitrogens with two attached hydrogens (primary N) is 1. The highest BCUT2D eigenvalue weighted by molar-refractivity contribution is 5.94. The minimum absolute atomic E-state index is 0.183. The molecule has 0 aromatic heterocycles. The number of esters is 1. The van der Waals surface area contributed by atoms with Gasteiger partial charge in [-0.15, -0.1) is 0 Å². The van der Waals surface area contributed by atoms with Gasteiger partial charge in [-0.2, -0.15) is 0 Å². The van der Waals surface area contributed by atoms with Crippen molar-refractivity contribution in [3.8, 4) is 5.75 Å². The summed E-state index contributed by atoms with van der Waals surface area (Å²) >= 11 is 0. The van der Waals surface area contributed by atoms with Crippen LogP contribution in [0.3, 0.4) is 0 Å². The minimum atomic E-state index is -0.643. The molecule has 0 saturated carbocycles. The highest BCUT2D eigenvalue weighted by Crippen LogP contribution is 2.26. The van der Waals surface area contributed by atoms with E-state index < -0.39 is 5.97 Å². The van der Waals surface area contributed by atoms with Gasteiger partial charge in [0.25, 0.3) is 0 Å². The van der Waals surface area contributed by atoms with E-state index in [9.17, 15) is 9.18 Å². The molecule has 0 aliphatic carbocycles. The largest absolute Gasteiger partial charge is 0.497 e. The second kappa shape index (κ2) is 9.27. The van der Waals surface area contributed by atoms with Crippen molar-refractivity contribution in [3.63, 3.8) is 0 Å². The molecule has 1 aliphatic rings. The molecule has 0 radical (unpaired) electrons. The molecule has 3 N–H and O–H groups in total. The molecule has 1 heterocycles. The van der Waals surface area contributed by atoms with Crippen molar-refractivity contribution in [1.82, 2.24) is 0 Å². The fourth-order valence-electron chi connectivity index (χ4n) is 3.29. The lowest BCUT2D eigenvalue weighted by Gasteiger charge is -2.37. The number of hydrogen-bond acceptors (Lipinski definition) is 6. The highest BCUT2D eigenvalue weighted by atomic mass is 19.1. The average Bonchev–Trinajstić information content (AvgIpc) is 2.73. The van der Waals surface area contributed by atoms with E-state index in [1.54, 1.807) is 25.3 Å². The van der Waals surface area contributed by atoms with Crippen LogP contribution in [0.2, 0.25) is 0 Å². The molecule has 0 atom stereocenters. The van der Waals surface area contributed by atoms with E-state index in [0.29, 0.717) is 24.3 Å². The number of nitrogens with zero attached hydrogens (tertiary/aromatic N) is 2. The van der Waals surface area contributed by atoms with Gasteiger partial charge in [0, 0.05) is 37.4 Å². The predicted octanol–water partition coefficient (Wildman–Crippen LogP) is 2.53. The summed E-state index contributed by atoms with van der Waals surface area (Å²) < 4.78 is 25.2. The molecule has 29 heavy (non-hydrogen) atoms. The van der Waals surface area contributed by atoms with Gasteiger partial charge in [0.05, 0.1) is 12.8 Å². The number of halogens is 1. The summed E-state index contributed by atoms with van der Waals surface area (Å²) in [6, 6.07) is 13.0. The molecule has 154 valence electrons. The van der Waals surface area contributed by atoms with Gasteiger partial charge in [-0.05, 0) is 30.3 Å². The van der Waals surface area contributed by atoms with E-state index in [2.05, 4.69) is 4.90 Å². The number of nitrogens with one attached hydrogen (secondary N) is 1. The number of rotatable bonds is 7. The summed E-state index contributed by atoms with van der Waals surface area (Å²) in [6.45, 7) is 2.71. The number of ether oxygens (including phenoxy) is 2. The number of methoxy groups -OCH3 is 1. The number of anilines is 2. The highest BCUT2D eigenvalue weighted by Gasteiger charge is 2.21. The zero-order chi connectivity index (χ0) is 20.8. The zero-order valence-corrected chi connectivity index (χ0v) is 16.4. The Bertz CT molecular complexity index is 865. The van der Waals surface area contributed by atoms with E-state index in [1.807, 2.05) is 29.2 Å². The number of benzene rings is 2. The fraction of sp³-hybridized carbons (Fsp3) is 0.333. The van der Waals surface area contributed by atoms with Crippen molar-refractivity contribution in [1.29, 1.82) is 5.41 Å². The molecule has 0 bridgehead atoms. The Morgan fingerprint density at radius 3 is 2.38 bits per heavy atom. The van der Waals surface area contributed by atoms with Gasteiger partial charge in [-0.3, -0.25) is 10.2 Å². The smallest absolute Gasteiger partial charge is 0.313 e. The van der Waals surface area contributed by atoms with Gasteiger partial charge < -0.3 is 25.0 Å². The maximum absolute atomic E-state index is 14.9. The second-order valence-electron chi connectivity index (χ2n) is 6.79. The van der Waals surface area contributed by atoms with Gasteiger partial charge in [0.2, 0.25) is 0 Å². The molecule has 2 aromatic carbocycles. The lowest BCUT2D eigenvalue weighted by molar-refractivity contribution is -0.143. The Hall–Kier alpha value is -3.29. The molecule has 1 saturated heterocycles. The maximum atomic E-state index is 14.9. The van der Waals surface area contributed by atoms with Crippen molar-refractivity contribution in [2.24, 2.45) is 5.73 Å². The number of piperazine rings is 1. The minimum Gasteiger partial charge on any atom is -0.497 e. The molecule has 8 heteroatoms. The van der Waals surface area contributed by atoms with E-state index >= 15 is 0 Å². The Morgan fingerprint density at radius 2 is 1.76 bits per heavy atom. The van der Waals surface area contributed by atoms with Crippen LogP contribution in [0, 0.1) is 11.2 Å². The summed E-state index contributed by atoms with van der Waals surface area (Å²) in [6.07, 6.45) is -0.297. The first-order valence-corrected chi connectivity index (χ1v) is 9.38. The topological polar surface area (TPSA) is 91.9 Å². The lowest BCUT2D eigenvalue weighted by atomic mass is 10.1. The Kier molecular flexibility index (Phi) is 6.54. The van der Waals surface area contributed by atoms with Crippen LogP contribution in [0.25, 0.3) is 0 Å². The molecule has 0 spiro atoms. The van der Waals surface area contributed by atoms with E-state index in [0.717, 1.165) is 24.5 Å². The van der Waals surface area contributed by atoms with E-state index in [4.69, 9.17) is 20.6 Å². The van der Waals surface area contributed by atoms with Crippen molar-refractivity contribution in [3.05, 3.63) is 53.8 Å². The predicted molar refractivity (Wildman–Crippen MR) is 110 cm³/mol. The molecular formula is C21H25FN4O3. The molecule has 2 aromatic rings. The Balaban J connectivity index is 1.61. The van der Waals surface area contributed by atoms with E-state index in [-0.39, 0.29) is 24.7 Å². The van der Waals surface area contributed by atoms with Gasteiger partial charge in [0.15, 0.2) is 5.82 Å². The molecule has 0 amide bonds. The number of amidine groups is 1. The van der Waals surface area contributed by atoms with E-state index in [1.165, 1.54) is 0 Å². The molecule has 0 unspecified atom stereocenters. The zero-order valence-electron chi connectivity index (χ0n) is 16.4. The van der Waals surface area contributed by atoms with Gasteiger partial charge in [-0.1, -0.05) is 12.1 Å². The van der Waals surface area contributed by atoms with Crippen LogP contribution in [-0.2, 0) is 16.1 Å². The van der Waals surface area contributed by atoms with Crippen molar-refractivity contribution >= 4 is 23.2 Å².